The van der Waals surface area contributed by atoms with Crippen molar-refractivity contribution >= 4 is 11.9 Å². The maximum absolute atomic E-state index is 12.5. The molecule has 5 aliphatic rings. The van der Waals surface area contributed by atoms with Gasteiger partial charge in [0.05, 0.1) is 25.9 Å². The van der Waals surface area contributed by atoms with E-state index in [1.165, 1.54) is 25.7 Å². The van der Waals surface area contributed by atoms with Crippen LogP contribution in [0.1, 0.15) is 25.7 Å². The number of morpholine rings is 1. The first-order valence-corrected chi connectivity index (χ1v) is 11.4. The van der Waals surface area contributed by atoms with E-state index in [0.29, 0.717) is 43.2 Å². The van der Waals surface area contributed by atoms with Crippen molar-refractivity contribution in [3.05, 3.63) is 0 Å². The van der Waals surface area contributed by atoms with Gasteiger partial charge in [-0.1, -0.05) is 6.42 Å². The number of piperazine rings is 1. The van der Waals surface area contributed by atoms with E-state index in [0.717, 1.165) is 51.8 Å². The Hall–Kier alpha value is -1.38. The summed E-state index contributed by atoms with van der Waals surface area (Å²) in [6.45, 7) is 7.86. The highest BCUT2D eigenvalue weighted by atomic mass is 16.5. The van der Waals surface area contributed by atoms with Gasteiger partial charge >= 0.3 is 0 Å². The molecule has 0 bridgehead atoms. The third-order valence-corrected chi connectivity index (χ3v) is 7.93. The molecule has 3 heterocycles. The molecule has 162 valence electrons. The fourth-order valence-electron chi connectivity index (χ4n) is 6.11. The van der Waals surface area contributed by atoms with Crippen molar-refractivity contribution in [2.75, 3.05) is 72.7 Å². The average Bonchev–Trinajstić information content (AvgIpc) is 3.14. The molecule has 8 heteroatoms. The number of amides is 1. The minimum absolute atomic E-state index is 0.234. The lowest BCUT2D eigenvalue weighted by atomic mass is 9.46. The monoisotopic (exact) mass is 405 g/mol. The van der Waals surface area contributed by atoms with Crippen molar-refractivity contribution in [3.63, 3.8) is 0 Å². The van der Waals surface area contributed by atoms with Crippen LogP contribution in [0.4, 0.5) is 0 Å². The van der Waals surface area contributed by atoms with Crippen LogP contribution in [0, 0.1) is 11.3 Å². The van der Waals surface area contributed by atoms with E-state index in [1.807, 2.05) is 11.9 Å². The van der Waals surface area contributed by atoms with Gasteiger partial charge in [-0.25, -0.2) is 0 Å². The molecule has 0 aromatic carbocycles. The number of rotatable bonds is 3. The summed E-state index contributed by atoms with van der Waals surface area (Å²) in [4.78, 5) is 23.7. The van der Waals surface area contributed by atoms with Crippen molar-refractivity contribution in [1.29, 1.82) is 0 Å². The number of guanidine groups is 1. The van der Waals surface area contributed by atoms with E-state index in [-0.39, 0.29) is 5.91 Å². The third kappa shape index (κ3) is 3.43. The number of aliphatic imine (C=N–C) groups is 1. The Morgan fingerprint density at radius 2 is 1.83 bits per heavy atom. The van der Waals surface area contributed by atoms with Crippen LogP contribution < -0.4 is 5.32 Å². The lowest BCUT2D eigenvalue weighted by molar-refractivity contribution is -0.171. The normalized spacial score (nSPS) is 34.5. The number of nitrogens with zero attached hydrogens (tertiary/aromatic N) is 4. The Morgan fingerprint density at radius 3 is 2.48 bits per heavy atom. The van der Waals surface area contributed by atoms with E-state index in [9.17, 15) is 4.79 Å². The Bertz CT molecular complexity index is 638. The molecule has 29 heavy (non-hydrogen) atoms. The maximum atomic E-state index is 12.5. The van der Waals surface area contributed by atoms with Crippen LogP contribution in [0.3, 0.4) is 0 Å². The lowest BCUT2D eigenvalue weighted by Crippen LogP contribution is -2.73. The number of carbonyl (C=O) groups is 1. The van der Waals surface area contributed by atoms with Crippen molar-refractivity contribution in [3.8, 4) is 0 Å². The Labute approximate surface area is 173 Å². The molecule has 0 radical (unpaired) electrons. The van der Waals surface area contributed by atoms with Gasteiger partial charge in [0.15, 0.2) is 5.96 Å². The zero-order valence-corrected chi connectivity index (χ0v) is 17.6. The van der Waals surface area contributed by atoms with Crippen LogP contribution in [0.25, 0.3) is 0 Å². The number of fused-ring (bicyclic) bond motifs is 2. The second kappa shape index (κ2) is 8.04. The molecule has 3 aliphatic heterocycles. The van der Waals surface area contributed by atoms with Gasteiger partial charge in [-0.2, -0.15) is 0 Å². The summed E-state index contributed by atoms with van der Waals surface area (Å²) in [7, 11) is 1.89. The quantitative estimate of drug-likeness (QED) is 0.526. The van der Waals surface area contributed by atoms with Crippen molar-refractivity contribution < 1.29 is 14.3 Å². The predicted octanol–water partition coefficient (Wildman–Crippen LogP) is -0.00420. The zero-order chi connectivity index (χ0) is 19.8. The molecular weight excluding hydrogens is 370 g/mol. The van der Waals surface area contributed by atoms with Gasteiger partial charge in [0, 0.05) is 70.3 Å². The molecule has 3 saturated heterocycles. The topological polar surface area (TPSA) is 69.6 Å². The van der Waals surface area contributed by atoms with Gasteiger partial charge < -0.3 is 24.6 Å². The summed E-state index contributed by atoms with van der Waals surface area (Å²) in [5.41, 5.74) is 0.365. The maximum Gasteiger partial charge on any atom is 0.236 e. The van der Waals surface area contributed by atoms with E-state index >= 15 is 0 Å². The van der Waals surface area contributed by atoms with E-state index in [1.54, 1.807) is 0 Å². The molecule has 3 unspecified atom stereocenters. The van der Waals surface area contributed by atoms with E-state index in [4.69, 9.17) is 9.47 Å². The van der Waals surface area contributed by atoms with Gasteiger partial charge in [0.2, 0.25) is 5.91 Å². The molecule has 5 fully saturated rings. The first-order chi connectivity index (χ1) is 14.2. The summed E-state index contributed by atoms with van der Waals surface area (Å²) in [5.74, 6) is 1.92. The van der Waals surface area contributed by atoms with E-state index in [2.05, 4.69) is 20.1 Å². The van der Waals surface area contributed by atoms with E-state index < -0.39 is 0 Å². The van der Waals surface area contributed by atoms with Crippen LogP contribution in [-0.4, -0.2) is 111 Å². The van der Waals surface area contributed by atoms with Gasteiger partial charge in [0.25, 0.3) is 0 Å². The fourth-order valence-corrected chi connectivity index (χ4v) is 6.11. The van der Waals surface area contributed by atoms with Crippen LogP contribution in [0.2, 0.25) is 0 Å². The second-order valence-corrected chi connectivity index (χ2v) is 9.26. The lowest BCUT2D eigenvalue weighted by Gasteiger charge is -2.63. The highest BCUT2D eigenvalue weighted by Crippen LogP contribution is 2.62. The highest BCUT2D eigenvalue weighted by molar-refractivity contribution is 5.81. The molecule has 2 saturated carbocycles. The number of hydrogen-bond donors (Lipinski definition) is 1. The van der Waals surface area contributed by atoms with Gasteiger partial charge in [-0.15, -0.1) is 0 Å². The number of hydrogen-bond acceptors (Lipinski definition) is 5. The standard InChI is InChI=1S/C21H35N5O3/c1-22-20(23-18-16-3-12-29-19(16)21(18)4-2-5-21)26-8-6-24(7-9-26)15-17(27)25-10-13-28-14-11-25/h16,18-19H,2-15H2,1H3,(H,22,23). The van der Waals surface area contributed by atoms with Crippen molar-refractivity contribution in [2.24, 2.45) is 16.3 Å². The minimum atomic E-state index is 0.234. The molecule has 0 aromatic heterocycles. The number of ether oxygens (including phenoxy) is 2. The highest BCUT2D eigenvalue weighted by Gasteiger charge is 2.66. The Morgan fingerprint density at radius 1 is 1.07 bits per heavy atom. The number of carbonyl (C=O) groups excluding carboxylic acids is 1. The van der Waals surface area contributed by atoms with Gasteiger partial charge in [-0.05, 0) is 19.3 Å². The Kier molecular flexibility index (Phi) is 5.43. The molecule has 8 nitrogen and oxygen atoms in total. The van der Waals surface area contributed by atoms with Crippen LogP contribution >= 0.6 is 0 Å². The summed E-state index contributed by atoms with van der Waals surface area (Å²) >= 11 is 0. The molecule has 1 amide bonds. The van der Waals surface area contributed by atoms with Crippen molar-refractivity contribution in [1.82, 2.24) is 20.0 Å². The molecule has 3 atom stereocenters. The molecular formula is C21H35N5O3. The first kappa shape index (κ1) is 19.6. The predicted molar refractivity (Wildman–Crippen MR) is 110 cm³/mol. The minimum Gasteiger partial charge on any atom is -0.378 e. The number of nitrogens with one attached hydrogen (secondary N) is 1. The Balaban J connectivity index is 1.12. The molecule has 1 spiro atoms. The second-order valence-electron chi connectivity index (χ2n) is 9.26. The third-order valence-electron chi connectivity index (χ3n) is 7.93. The van der Waals surface area contributed by atoms with Crippen LogP contribution in [0.15, 0.2) is 4.99 Å². The first-order valence-electron chi connectivity index (χ1n) is 11.4. The SMILES string of the molecule is CN=C(NC1C2CCOC2C12CCC2)N1CCN(CC(=O)N2CCOCC2)CC1. The van der Waals surface area contributed by atoms with Gasteiger partial charge in [-0.3, -0.25) is 14.7 Å². The molecule has 1 N–H and O–H groups in total. The summed E-state index contributed by atoms with van der Waals surface area (Å²) in [5, 5.41) is 3.83. The largest absolute Gasteiger partial charge is 0.378 e. The molecule has 2 aliphatic carbocycles. The molecule has 0 aromatic rings. The van der Waals surface area contributed by atoms with Crippen molar-refractivity contribution in [2.45, 2.75) is 37.8 Å². The summed E-state index contributed by atoms with van der Waals surface area (Å²) in [6, 6.07) is 0.517. The average molecular weight is 406 g/mol. The molecule has 5 rings (SSSR count). The summed E-state index contributed by atoms with van der Waals surface area (Å²) in [6.07, 6.45) is 5.58. The van der Waals surface area contributed by atoms with Gasteiger partial charge in [0.1, 0.15) is 0 Å². The zero-order valence-electron chi connectivity index (χ0n) is 17.6. The summed E-state index contributed by atoms with van der Waals surface area (Å²) < 4.78 is 11.4. The van der Waals surface area contributed by atoms with Crippen LogP contribution in [0.5, 0.6) is 0 Å². The van der Waals surface area contributed by atoms with Crippen LogP contribution in [-0.2, 0) is 14.3 Å². The smallest absolute Gasteiger partial charge is 0.236 e. The fraction of sp³-hybridized carbons (Fsp3) is 0.905.